The van der Waals surface area contributed by atoms with E-state index in [0.29, 0.717) is 30.0 Å². The average molecular weight is 508 g/mol. The van der Waals surface area contributed by atoms with E-state index in [-0.39, 0.29) is 30.1 Å². The van der Waals surface area contributed by atoms with E-state index in [2.05, 4.69) is 0 Å². The van der Waals surface area contributed by atoms with Gasteiger partial charge in [0.25, 0.3) is 0 Å². The summed E-state index contributed by atoms with van der Waals surface area (Å²) in [4.78, 5) is 39.3. The van der Waals surface area contributed by atoms with Crippen LogP contribution in [0.5, 0.6) is 11.5 Å². The maximum absolute atomic E-state index is 13.6. The van der Waals surface area contributed by atoms with Gasteiger partial charge in [0.1, 0.15) is 18.1 Å². The van der Waals surface area contributed by atoms with Crippen molar-refractivity contribution in [3.8, 4) is 11.5 Å². The fourth-order valence-corrected chi connectivity index (χ4v) is 4.38. The average Bonchev–Trinajstić information content (AvgIpc) is 3.29. The first-order valence-corrected chi connectivity index (χ1v) is 12.2. The molecule has 0 saturated carbocycles. The molecule has 7 nitrogen and oxygen atoms in total. The minimum absolute atomic E-state index is 0.00234. The molecule has 0 spiro atoms. The number of hydrogen-bond donors (Lipinski definition) is 1. The number of fused-ring (bicyclic) bond motifs is 1. The molecule has 4 aromatic rings. The molecule has 0 aromatic heterocycles. The number of carboxylic acid groups (broad SMARTS) is 1. The van der Waals surface area contributed by atoms with Gasteiger partial charge in [0, 0.05) is 18.7 Å². The molecule has 0 radical (unpaired) electrons. The Morgan fingerprint density at radius 2 is 1.42 bits per heavy atom. The number of benzene rings is 4. The van der Waals surface area contributed by atoms with Crippen LogP contribution in [-0.4, -0.2) is 27.9 Å². The van der Waals surface area contributed by atoms with Gasteiger partial charge in [-0.2, -0.15) is 0 Å². The minimum atomic E-state index is -1.15. The number of esters is 1. The van der Waals surface area contributed by atoms with Gasteiger partial charge < -0.3 is 19.5 Å². The van der Waals surface area contributed by atoms with E-state index in [1.165, 1.54) is 12.1 Å². The van der Waals surface area contributed by atoms with Crippen LogP contribution >= 0.6 is 0 Å². The van der Waals surface area contributed by atoms with Crippen LogP contribution in [-0.2, 0) is 35.6 Å². The molecule has 5 rings (SSSR count). The van der Waals surface area contributed by atoms with Crippen molar-refractivity contribution in [2.24, 2.45) is 0 Å². The third-order valence-corrected chi connectivity index (χ3v) is 6.32. The fraction of sp³-hybridized carbons (Fsp3) is 0.129. The quantitative estimate of drug-likeness (QED) is 0.296. The Balaban J connectivity index is 1.38. The van der Waals surface area contributed by atoms with Crippen molar-refractivity contribution in [2.75, 3.05) is 0 Å². The summed E-state index contributed by atoms with van der Waals surface area (Å²) < 4.78 is 10.9. The van der Waals surface area contributed by atoms with Crippen LogP contribution in [0.3, 0.4) is 0 Å². The predicted molar refractivity (Wildman–Crippen MR) is 140 cm³/mol. The molecule has 4 aromatic carbocycles. The number of carboxylic acids is 1. The number of hydrogen-bond acceptors (Lipinski definition) is 5. The molecule has 0 unspecified atom stereocenters. The molecule has 1 heterocycles. The van der Waals surface area contributed by atoms with Gasteiger partial charge in [0.15, 0.2) is 0 Å². The lowest BCUT2D eigenvalue weighted by molar-refractivity contribution is -0.131. The Morgan fingerprint density at radius 3 is 2.08 bits per heavy atom. The second-order valence-electron chi connectivity index (χ2n) is 9.02. The number of ether oxygens (including phenoxy) is 2. The number of aromatic carboxylic acids is 1. The zero-order valence-corrected chi connectivity index (χ0v) is 20.5. The Hall–Kier alpha value is -4.91. The number of carbonyl (C=O) groups is 3. The van der Waals surface area contributed by atoms with E-state index in [4.69, 9.17) is 9.47 Å². The third kappa shape index (κ3) is 5.73. The van der Waals surface area contributed by atoms with Gasteiger partial charge in [-0.1, -0.05) is 60.7 Å². The number of amides is 1. The van der Waals surface area contributed by atoms with E-state index in [9.17, 15) is 19.5 Å². The minimum Gasteiger partial charge on any atom is -0.478 e. The summed E-state index contributed by atoms with van der Waals surface area (Å²) in [5.74, 6) is -0.513. The number of carbonyl (C=O) groups excluding carboxylic acids is 2. The van der Waals surface area contributed by atoms with Gasteiger partial charge in [0.2, 0.25) is 5.91 Å². The molecule has 7 heteroatoms. The lowest BCUT2D eigenvalue weighted by atomic mass is 9.97. The summed E-state index contributed by atoms with van der Waals surface area (Å²) in [6.07, 6.45) is -0.162. The van der Waals surface area contributed by atoms with E-state index in [0.717, 1.165) is 16.9 Å². The van der Waals surface area contributed by atoms with Crippen molar-refractivity contribution < 1.29 is 29.0 Å². The second-order valence-corrected chi connectivity index (χ2v) is 9.02. The molecule has 0 atom stereocenters. The maximum atomic E-state index is 13.6. The lowest BCUT2D eigenvalue weighted by Crippen LogP contribution is -2.32. The van der Waals surface area contributed by atoms with Crippen LogP contribution in [0.15, 0.2) is 97.1 Å². The van der Waals surface area contributed by atoms with Crippen LogP contribution in [0.4, 0.5) is 0 Å². The van der Waals surface area contributed by atoms with Gasteiger partial charge >= 0.3 is 11.9 Å². The first-order chi connectivity index (χ1) is 18.5. The lowest BCUT2D eigenvalue weighted by Gasteiger charge is -2.24. The summed E-state index contributed by atoms with van der Waals surface area (Å²) in [6.45, 7) is 0.693. The van der Waals surface area contributed by atoms with Crippen molar-refractivity contribution >= 4 is 17.8 Å². The molecule has 0 aliphatic carbocycles. The molecule has 1 N–H and O–H groups in total. The Morgan fingerprint density at radius 1 is 0.816 bits per heavy atom. The molecule has 190 valence electrons. The molecule has 0 bridgehead atoms. The molecular formula is C31H25NO6. The van der Waals surface area contributed by atoms with Crippen LogP contribution in [0, 0.1) is 0 Å². The summed E-state index contributed by atoms with van der Waals surface area (Å²) in [5, 5.41) is 9.75. The van der Waals surface area contributed by atoms with Gasteiger partial charge in [-0.05, 0) is 53.1 Å². The molecule has 38 heavy (non-hydrogen) atoms. The number of para-hydroxylation sites is 1. The van der Waals surface area contributed by atoms with E-state index in [1.807, 2.05) is 84.9 Å². The van der Waals surface area contributed by atoms with E-state index in [1.54, 1.807) is 4.90 Å². The van der Waals surface area contributed by atoms with Gasteiger partial charge in [-0.3, -0.25) is 4.79 Å². The van der Waals surface area contributed by atoms with Crippen molar-refractivity contribution in [1.82, 2.24) is 4.90 Å². The van der Waals surface area contributed by atoms with Crippen LogP contribution in [0.25, 0.3) is 0 Å². The monoisotopic (exact) mass is 507 g/mol. The first kappa shape index (κ1) is 24.8. The summed E-state index contributed by atoms with van der Waals surface area (Å²) >= 11 is 0. The summed E-state index contributed by atoms with van der Waals surface area (Å²) in [7, 11) is 0. The smallest absolute Gasteiger partial charge is 0.338 e. The molecule has 1 aliphatic rings. The SMILES string of the molecule is O=C(O)c1cc2c(cc1CC(=O)N(Cc1ccccc1)Cc1ccc(Oc3ccccc3)cc1)C(=O)OC2. The molecule has 0 fully saturated rings. The molecule has 1 aliphatic heterocycles. The third-order valence-electron chi connectivity index (χ3n) is 6.32. The van der Waals surface area contributed by atoms with Crippen LogP contribution in [0.1, 0.15) is 43.0 Å². The maximum Gasteiger partial charge on any atom is 0.338 e. The fourth-order valence-electron chi connectivity index (χ4n) is 4.38. The zero-order valence-electron chi connectivity index (χ0n) is 20.5. The Kier molecular flexibility index (Phi) is 7.17. The Bertz CT molecular complexity index is 1470. The van der Waals surface area contributed by atoms with Crippen LogP contribution in [0.2, 0.25) is 0 Å². The largest absolute Gasteiger partial charge is 0.478 e. The van der Waals surface area contributed by atoms with Gasteiger partial charge in [-0.15, -0.1) is 0 Å². The highest BCUT2D eigenvalue weighted by atomic mass is 16.5. The van der Waals surface area contributed by atoms with E-state index >= 15 is 0 Å². The predicted octanol–water partition coefficient (Wildman–Crippen LogP) is 5.62. The van der Waals surface area contributed by atoms with Gasteiger partial charge in [0.05, 0.1) is 17.5 Å². The number of nitrogens with zero attached hydrogens (tertiary/aromatic N) is 1. The Labute approximate surface area is 219 Å². The normalized spacial score (nSPS) is 11.9. The van der Waals surface area contributed by atoms with Crippen molar-refractivity contribution in [3.63, 3.8) is 0 Å². The molecule has 0 saturated heterocycles. The second kappa shape index (κ2) is 11.0. The first-order valence-electron chi connectivity index (χ1n) is 12.2. The van der Waals surface area contributed by atoms with Crippen molar-refractivity contribution in [3.05, 3.63) is 130 Å². The van der Waals surface area contributed by atoms with Crippen molar-refractivity contribution in [1.29, 1.82) is 0 Å². The topological polar surface area (TPSA) is 93.1 Å². The molecular weight excluding hydrogens is 482 g/mol. The summed E-state index contributed by atoms with van der Waals surface area (Å²) in [5.41, 5.74) is 2.94. The van der Waals surface area contributed by atoms with Gasteiger partial charge in [-0.25, -0.2) is 9.59 Å². The number of rotatable bonds is 9. The zero-order chi connectivity index (χ0) is 26.5. The molecule has 1 amide bonds. The van der Waals surface area contributed by atoms with E-state index < -0.39 is 11.9 Å². The van der Waals surface area contributed by atoms with Crippen molar-refractivity contribution in [2.45, 2.75) is 26.1 Å². The standard InChI is InChI=1S/C31H25NO6/c33-29(17-23-15-28-24(20-37-31(28)36)16-27(23)30(34)35)32(18-21-7-3-1-4-8-21)19-22-11-13-26(14-12-22)38-25-9-5-2-6-10-25/h1-16H,17-20H2,(H,34,35). The number of cyclic esters (lactones) is 1. The summed E-state index contributed by atoms with van der Waals surface area (Å²) in [6, 6.07) is 29.5. The van der Waals surface area contributed by atoms with Crippen LogP contribution < -0.4 is 4.74 Å². The highest BCUT2D eigenvalue weighted by Crippen LogP contribution is 2.26. The highest BCUT2D eigenvalue weighted by Gasteiger charge is 2.27. The highest BCUT2D eigenvalue weighted by molar-refractivity contribution is 5.98.